The van der Waals surface area contributed by atoms with E-state index < -0.39 is 0 Å². The fourth-order valence-electron chi connectivity index (χ4n) is 5.21. The van der Waals surface area contributed by atoms with Crippen LogP contribution in [0.4, 0.5) is 10.3 Å². The quantitative estimate of drug-likeness (QED) is 0.223. The Morgan fingerprint density at radius 2 is 1.95 bits per heavy atom. The Balaban J connectivity index is 1.43. The Labute approximate surface area is 220 Å². The van der Waals surface area contributed by atoms with E-state index in [4.69, 9.17) is 21.6 Å². The van der Waals surface area contributed by atoms with Crippen molar-refractivity contribution in [2.45, 2.75) is 45.2 Å². The molecule has 0 amide bonds. The van der Waals surface area contributed by atoms with E-state index in [9.17, 15) is 4.39 Å². The minimum absolute atomic E-state index is 0.199. The molecule has 1 atom stereocenters. The van der Waals surface area contributed by atoms with Crippen molar-refractivity contribution in [3.8, 4) is 22.6 Å². The normalized spacial score (nSPS) is 14.8. The molecule has 5 aromatic rings. The van der Waals surface area contributed by atoms with E-state index in [0.29, 0.717) is 5.95 Å². The van der Waals surface area contributed by atoms with Gasteiger partial charge in [0.25, 0.3) is 0 Å². The molecule has 4 heterocycles. The Morgan fingerprint density at radius 1 is 1.08 bits per heavy atom. The minimum atomic E-state index is -0.265. The van der Waals surface area contributed by atoms with Gasteiger partial charge in [0, 0.05) is 53.4 Å². The number of nitrogens with one attached hydrogen (secondary N) is 1. The summed E-state index contributed by atoms with van der Waals surface area (Å²) in [4.78, 5) is 14.4. The third-order valence-electron chi connectivity index (χ3n) is 7.02. The molecule has 188 valence electrons. The van der Waals surface area contributed by atoms with Gasteiger partial charge in [-0.2, -0.15) is 0 Å². The zero-order valence-corrected chi connectivity index (χ0v) is 21.4. The summed E-state index contributed by atoms with van der Waals surface area (Å²) in [5.74, 6) is 1.37. The van der Waals surface area contributed by atoms with Crippen LogP contribution in [0.25, 0.3) is 33.5 Å². The number of hydrogen-bond donors (Lipinski definition) is 1. The number of benzene rings is 2. The molecule has 0 spiro atoms. The predicted molar refractivity (Wildman–Crippen MR) is 146 cm³/mol. The Hall–Kier alpha value is -3.71. The summed E-state index contributed by atoms with van der Waals surface area (Å²) < 4.78 is 18.4. The van der Waals surface area contributed by atoms with Gasteiger partial charge in [0.1, 0.15) is 11.6 Å². The third kappa shape index (κ3) is 4.60. The van der Waals surface area contributed by atoms with Crippen LogP contribution < -0.4 is 5.32 Å². The standard InChI is InChI=1S/C29H28ClFN6/c1-2-3-14-32-29-33-15-12-24(34-29)28-27(19-4-7-22(31)8-5-19)35-26-11-9-23(37(26)28)18-36-16-13-20-17-21(30)6-10-25(20)36/h4-8,10,12-13,15-17,23H,2-3,9,11,14,18H2,1H3,(H,32,33,34). The van der Waals surface area contributed by atoms with Crippen LogP contribution in [0.1, 0.15) is 38.1 Å². The van der Waals surface area contributed by atoms with Gasteiger partial charge in [-0.3, -0.25) is 0 Å². The number of aryl methyl sites for hydroxylation is 1. The molecule has 37 heavy (non-hydrogen) atoms. The van der Waals surface area contributed by atoms with Gasteiger partial charge in [-0.15, -0.1) is 0 Å². The fraction of sp³-hybridized carbons (Fsp3) is 0.276. The molecule has 1 aliphatic rings. The first-order valence-electron chi connectivity index (χ1n) is 12.8. The molecule has 6 rings (SSSR count). The monoisotopic (exact) mass is 514 g/mol. The van der Waals surface area contributed by atoms with E-state index in [0.717, 1.165) is 83.2 Å². The highest BCUT2D eigenvalue weighted by atomic mass is 35.5. The maximum Gasteiger partial charge on any atom is 0.223 e. The highest BCUT2D eigenvalue weighted by Gasteiger charge is 2.31. The molecule has 2 aromatic carbocycles. The second kappa shape index (κ2) is 9.98. The highest BCUT2D eigenvalue weighted by Crippen LogP contribution is 2.40. The maximum atomic E-state index is 13.7. The summed E-state index contributed by atoms with van der Waals surface area (Å²) in [5, 5.41) is 5.20. The minimum Gasteiger partial charge on any atom is -0.354 e. The van der Waals surface area contributed by atoms with E-state index in [2.05, 4.69) is 44.7 Å². The summed E-state index contributed by atoms with van der Waals surface area (Å²) in [6.07, 6.45) is 7.92. The molecule has 0 bridgehead atoms. The Bertz CT molecular complexity index is 1550. The molecule has 1 unspecified atom stereocenters. The van der Waals surface area contributed by atoms with Crippen molar-refractivity contribution in [1.29, 1.82) is 0 Å². The molecular formula is C29H28ClFN6. The smallest absolute Gasteiger partial charge is 0.223 e. The number of halogens is 2. The summed E-state index contributed by atoms with van der Waals surface area (Å²) >= 11 is 6.21. The van der Waals surface area contributed by atoms with E-state index in [1.54, 1.807) is 18.3 Å². The Morgan fingerprint density at radius 3 is 2.78 bits per heavy atom. The van der Waals surface area contributed by atoms with E-state index in [1.807, 2.05) is 18.2 Å². The Kier molecular flexibility index (Phi) is 6.38. The summed E-state index contributed by atoms with van der Waals surface area (Å²) in [6.45, 7) is 3.78. The molecule has 1 aliphatic heterocycles. The first kappa shape index (κ1) is 23.7. The number of imidazole rings is 1. The number of nitrogens with zero attached hydrogens (tertiary/aromatic N) is 5. The summed E-state index contributed by atoms with van der Waals surface area (Å²) in [6, 6.07) is 16.8. The number of hydrogen-bond acceptors (Lipinski definition) is 4. The van der Waals surface area contributed by atoms with Crippen molar-refractivity contribution in [3.05, 3.63) is 83.7 Å². The molecule has 1 N–H and O–H groups in total. The van der Waals surface area contributed by atoms with Gasteiger partial charge in [0.15, 0.2) is 0 Å². The SMILES string of the molecule is CCCCNc1nccc(-c2c(-c3ccc(F)cc3)nc3n2C(Cn2ccc4cc(Cl)ccc42)CC3)n1. The lowest BCUT2D eigenvalue weighted by atomic mass is 10.1. The van der Waals surface area contributed by atoms with Crippen molar-refractivity contribution in [2.75, 3.05) is 11.9 Å². The van der Waals surface area contributed by atoms with Crippen molar-refractivity contribution < 1.29 is 4.39 Å². The largest absolute Gasteiger partial charge is 0.354 e. The van der Waals surface area contributed by atoms with Crippen LogP contribution in [0.3, 0.4) is 0 Å². The summed E-state index contributed by atoms with van der Waals surface area (Å²) in [5.41, 5.74) is 4.61. The topological polar surface area (TPSA) is 60.6 Å². The lowest BCUT2D eigenvalue weighted by Gasteiger charge is -2.19. The summed E-state index contributed by atoms with van der Waals surface area (Å²) in [7, 11) is 0. The second-order valence-corrected chi connectivity index (χ2v) is 9.95. The lowest BCUT2D eigenvalue weighted by Crippen LogP contribution is -2.14. The van der Waals surface area contributed by atoms with E-state index in [-0.39, 0.29) is 11.9 Å². The number of aromatic nitrogens is 5. The van der Waals surface area contributed by atoms with Crippen LogP contribution in [0.5, 0.6) is 0 Å². The van der Waals surface area contributed by atoms with Gasteiger partial charge >= 0.3 is 0 Å². The van der Waals surface area contributed by atoms with Crippen LogP contribution in [-0.2, 0) is 13.0 Å². The van der Waals surface area contributed by atoms with E-state index in [1.165, 1.54) is 12.1 Å². The molecule has 3 aromatic heterocycles. The van der Waals surface area contributed by atoms with Crippen LogP contribution >= 0.6 is 11.6 Å². The number of anilines is 1. The first-order valence-corrected chi connectivity index (χ1v) is 13.2. The molecule has 0 aliphatic carbocycles. The van der Waals surface area contributed by atoms with Gasteiger partial charge in [-0.25, -0.2) is 19.3 Å². The average Bonchev–Trinajstić information content (AvgIpc) is 3.59. The van der Waals surface area contributed by atoms with Crippen molar-refractivity contribution >= 4 is 28.5 Å². The molecular weight excluding hydrogens is 487 g/mol. The van der Waals surface area contributed by atoms with Crippen LogP contribution in [0.15, 0.2) is 67.0 Å². The van der Waals surface area contributed by atoms with Gasteiger partial charge in [0.2, 0.25) is 5.95 Å². The fourth-order valence-corrected chi connectivity index (χ4v) is 5.39. The van der Waals surface area contributed by atoms with Crippen molar-refractivity contribution in [1.82, 2.24) is 24.1 Å². The van der Waals surface area contributed by atoms with Crippen molar-refractivity contribution in [3.63, 3.8) is 0 Å². The number of fused-ring (bicyclic) bond motifs is 2. The van der Waals surface area contributed by atoms with Crippen molar-refractivity contribution in [2.24, 2.45) is 0 Å². The maximum absolute atomic E-state index is 13.7. The van der Waals surface area contributed by atoms with Gasteiger partial charge < -0.3 is 14.5 Å². The second-order valence-electron chi connectivity index (χ2n) is 9.51. The zero-order chi connectivity index (χ0) is 25.4. The molecule has 0 saturated heterocycles. The number of unbranched alkanes of at least 4 members (excludes halogenated alkanes) is 1. The van der Waals surface area contributed by atoms with Crippen LogP contribution in [0, 0.1) is 5.82 Å². The van der Waals surface area contributed by atoms with Crippen LogP contribution in [-0.4, -0.2) is 30.6 Å². The predicted octanol–water partition coefficient (Wildman–Crippen LogP) is 7.15. The van der Waals surface area contributed by atoms with Crippen LogP contribution in [0.2, 0.25) is 5.02 Å². The van der Waals surface area contributed by atoms with Gasteiger partial charge in [0.05, 0.1) is 23.1 Å². The molecule has 6 nitrogen and oxygen atoms in total. The average molecular weight is 515 g/mol. The highest BCUT2D eigenvalue weighted by molar-refractivity contribution is 6.31. The molecule has 8 heteroatoms. The zero-order valence-electron chi connectivity index (χ0n) is 20.7. The molecule has 0 radical (unpaired) electrons. The molecule has 0 saturated carbocycles. The first-order chi connectivity index (χ1) is 18.1. The number of rotatable bonds is 8. The molecule has 0 fully saturated rings. The van der Waals surface area contributed by atoms with Gasteiger partial charge in [-0.05, 0) is 67.4 Å². The van der Waals surface area contributed by atoms with Gasteiger partial charge in [-0.1, -0.05) is 24.9 Å². The lowest BCUT2D eigenvalue weighted by molar-refractivity contribution is 0.459. The van der Waals surface area contributed by atoms with E-state index >= 15 is 0 Å². The third-order valence-corrected chi connectivity index (χ3v) is 7.26.